The Balaban J connectivity index is 3.00. The van der Waals surface area contributed by atoms with Crippen LogP contribution >= 0.6 is 12.9 Å². The number of halogens is 3. The largest absolute Gasteiger partial charge is 0.473 e. The number of benzene rings is 1. The van der Waals surface area contributed by atoms with Crippen LogP contribution in [0.4, 0.5) is 8.78 Å². The molecule has 0 atom stereocenters. The standard InChI is InChI=1S/C7H5F2.BrH.Mg/c1-5-6(8)3-2-4-7(5)9;;/h2-4H,1H2;1H;/q;;+1/p-1. The molecule has 1 aromatic carbocycles. The van der Waals surface area contributed by atoms with E-state index in [4.69, 9.17) is 0 Å². The molecule has 11 heavy (non-hydrogen) atoms. The molecule has 0 N–H and O–H groups in total. The van der Waals surface area contributed by atoms with Crippen molar-refractivity contribution in [2.75, 3.05) is 0 Å². The summed E-state index contributed by atoms with van der Waals surface area (Å²) in [5.41, 5.74) is 0.219. The molecule has 0 heterocycles. The summed E-state index contributed by atoms with van der Waals surface area (Å²) in [7, 11) is 0. The van der Waals surface area contributed by atoms with Crippen LogP contribution in [-0.4, -0.2) is 18.2 Å². The van der Waals surface area contributed by atoms with Crippen molar-refractivity contribution < 1.29 is 8.78 Å². The van der Waals surface area contributed by atoms with E-state index in [-0.39, 0.29) is 5.56 Å². The molecule has 0 unspecified atom stereocenters. The van der Waals surface area contributed by atoms with Gasteiger partial charge in [-0.2, -0.15) is 0 Å². The molecule has 0 fully saturated rings. The molecule has 1 aromatic rings. The van der Waals surface area contributed by atoms with E-state index < -0.39 is 29.8 Å². The molecule has 0 aliphatic heterocycles. The van der Waals surface area contributed by atoms with Crippen molar-refractivity contribution >= 4 is 31.1 Å². The smallest absolute Gasteiger partial charge is 0.306 e. The average Bonchev–Trinajstić information content (AvgIpc) is 1.97. The topological polar surface area (TPSA) is 0 Å². The van der Waals surface area contributed by atoms with E-state index in [1.54, 1.807) is 0 Å². The van der Waals surface area contributed by atoms with Crippen LogP contribution in [0.25, 0.3) is 0 Å². The maximum atomic E-state index is 12.8. The molecule has 0 spiro atoms. The van der Waals surface area contributed by atoms with Crippen LogP contribution in [0.5, 0.6) is 0 Å². The monoisotopic (exact) mass is 230 g/mol. The molecule has 0 saturated heterocycles. The Kier molecular flexibility index (Phi) is 3.75. The second-order valence-electron chi connectivity index (χ2n) is 2.14. The minimum atomic E-state index is -0.495. The predicted octanol–water partition coefficient (Wildman–Crippen LogP) is 2.48. The lowest BCUT2D eigenvalue weighted by Crippen LogP contribution is -1.97. The first-order valence-electron chi connectivity index (χ1n) is 3.24. The fourth-order valence-electron chi connectivity index (χ4n) is 0.866. The van der Waals surface area contributed by atoms with E-state index >= 15 is 0 Å². The normalized spacial score (nSPS) is 9.36. The Bertz CT molecular complexity index is 232. The van der Waals surface area contributed by atoms with Crippen molar-refractivity contribution in [1.82, 2.24) is 0 Å². The highest BCUT2D eigenvalue weighted by atomic mass is 79.9. The van der Waals surface area contributed by atoms with E-state index in [0.717, 1.165) is 0 Å². The van der Waals surface area contributed by atoms with Crippen molar-refractivity contribution in [1.29, 1.82) is 0 Å². The Hall–Kier alpha value is 0.326. The maximum absolute atomic E-state index is 12.8. The lowest BCUT2D eigenvalue weighted by molar-refractivity contribution is 0.565. The van der Waals surface area contributed by atoms with Gasteiger partial charge in [0.1, 0.15) is 11.6 Å². The molecule has 0 bridgehead atoms. The third kappa shape index (κ3) is 2.38. The fraction of sp³-hybridized carbons (Fsp3) is 0.143. The third-order valence-corrected chi connectivity index (χ3v) is 3.28. The summed E-state index contributed by atoms with van der Waals surface area (Å²) in [4.78, 5) is 0. The van der Waals surface area contributed by atoms with Crippen LogP contribution in [0.3, 0.4) is 0 Å². The van der Waals surface area contributed by atoms with Crippen LogP contribution in [0, 0.1) is 11.6 Å². The first-order valence-corrected chi connectivity index (χ1v) is 8.14. The molecule has 0 saturated carbocycles. The molecular weight excluding hydrogens is 226 g/mol. The quantitative estimate of drug-likeness (QED) is 0.686. The van der Waals surface area contributed by atoms with Crippen LogP contribution in [-0.2, 0) is 4.55 Å². The number of hydrogen-bond donors (Lipinski definition) is 0. The van der Waals surface area contributed by atoms with Gasteiger partial charge in [0, 0.05) is 5.56 Å². The lowest BCUT2D eigenvalue weighted by atomic mass is 10.2. The van der Waals surface area contributed by atoms with Crippen LogP contribution in [0.15, 0.2) is 18.2 Å². The Morgan fingerprint density at radius 2 is 1.82 bits per heavy atom. The van der Waals surface area contributed by atoms with E-state index in [9.17, 15) is 8.78 Å². The van der Waals surface area contributed by atoms with Gasteiger partial charge in [0.25, 0.3) is 0 Å². The summed E-state index contributed by atoms with van der Waals surface area (Å²) in [6.07, 6.45) is 0. The highest BCUT2D eigenvalue weighted by Crippen LogP contribution is 2.12. The molecule has 0 amide bonds. The summed E-state index contributed by atoms with van der Waals surface area (Å²) in [5, 5.41) is 0. The van der Waals surface area contributed by atoms with Crippen molar-refractivity contribution in [2.45, 2.75) is 4.55 Å². The molecule has 0 aliphatic rings. The third-order valence-electron chi connectivity index (χ3n) is 1.41. The van der Waals surface area contributed by atoms with Gasteiger partial charge in [-0.25, -0.2) is 8.78 Å². The molecule has 4 heteroatoms. The van der Waals surface area contributed by atoms with Gasteiger partial charge in [-0.05, 0) is 12.1 Å². The highest BCUT2D eigenvalue weighted by Gasteiger charge is 2.07. The molecule has 0 nitrogen and oxygen atoms in total. The minimum Gasteiger partial charge on any atom is -0.306 e. The fourth-order valence-corrected chi connectivity index (χ4v) is 2.72. The average molecular weight is 231 g/mol. The predicted molar refractivity (Wildman–Crippen MR) is 44.7 cm³/mol. The van der Waals surface area contributed by atoms with E-state index in [1.807, 2.05) is 0 Å². The molecule has 56 valence electrons. The zero-order valence-corrected chi connectivity index (χ0v) is 8.78. The summed E-state index contributed by atoms with van der Waals surface area (Å²) in [6.45, 7) is 0. The Morgan fingerprint density at radius 3 is 2.27 bits per heavy atom. The van der Waals surface area contributed by atoms with E-state index in [1.165, 1.54) is 18.2 Å². The van der Waals surface area contributed by atoms with Gasteiger partial charge in [0.15, 0.2) is 0 Å². The van der Waals surface area contributed by atoms with E-state index in [0.29, 0.717) is 4.55 Å². The van der Waals surface area contributed by atoms with Gasteiger partial charge in [-0.3, -0.25) is 0 Å². The summed E-state index contributed by atoms with van der Waals surface area (Å²) >= 11 is 2.77. The highest BCUT2D eigenvalue weighted by molar-refractivity contribution is 9.23. The zero-order chi connectivity index (χ0) is 8.27. The molecule has 0 aliphatic carbocycles. The first-order chi connectivity index (χ1) is 5.25. The van der Waals surface area contributed by atoms with Crippen molar-refractivity contribution in [3.05, 3.63) is 35.4 Å². The van der Waals surface area contributed by atoms with Gasteiger partial charge in [-0.15, -0.1) is 0 Å². The molecular formula is C7H5BrF2Mg. The number of hydrogen-bond acceptors (Lipinski definition) is 0. The maximum Gasteiger partial charge on any atom is 0.473 e. The van der Waals surface area contributed by atoms with Crippen LogP contribution < -0.4 is 0 Å². The van der Waals surface area contributed by atoms with Gasteiger partial charge in [-0.1, -0.05) is 10.6 Å². The van der Waals surface area contributed by atoms with Gasteiger partial charge in [0.2, 0.25) is 0 Å². The lowest BCUT2D eigenvalue weighted by Gasteiger charge is -2.00. The number of rotatable bonds is 2. The van der Waals surface area contributed by atoms with E-state index in [2.05, 4.69) is 12.9 Å². The summed E-state index contributed by atoms with van der Waals surface area (Å²) in [6, 6.07) is 3.95. The van der Waals surface area contributed by atoms with Crippen molar-refractivity contribution in [2.24, 2.45) is 0 Å². The Labute approximate surface area is 79.6 Å². The van der Waals surface area contributed by atoms with Crippen molar-refractivity contribution in [3.63, 3.8) is 0 Å². The minimum absolute atomic E-state index is 0.219. The van der Waals surface area contributed by atoms with Gasteiger partial charge < -0.3 is 12.9 Å². The van der Waals surface area contributed by atoms with Gasteiger partial charge in [0.05, 0.1) is 0 Å². The summed E-state index contributed by atoms with van der Waals surface area (Å²) < 4.78 is 26.1. The molecule has 0 aromatic heterocycles. The van der Waals surface area contributed by atoms with Gasteiger partial charge >= 0.3 is 18.2 Å². The Morgan fingerprint density at radius 1 is 1.27 bits per heavy atom. The molecule has 0 radical (unpaired) electrons. The second-order valence-corrected chi connectivity index (χ2v) is 5.40. The van der Waals surface area contributed by atoms with Crippen LogP contribution in [0.2, 0.25) is 0 Å². The van der Waals surface area contributed by atoms with Crippen LogP contribution in [0.1, 0.15) is 5.56 Å². The first kappa shape index (κ1) is 9.41. The second kappa shape index (κ2) is 4.38. The summed E-state index contributed by atoms with van der Waals surface area (Å²) in [5.74, 6) is -0.867. The van der Waals surface area contributed by atoms with Crippen molar-refractivity contribution in [3.8, 4) is 0 Å². The SMILES string of the molecule is Fc1cccc(F)c1[CH2][Mg][Br]. The zero-order valence-electron chi connectivity index (χ0n) is 5.78. The molecule has 1 rings (SSSR count).